The van der Waals surface area contributed by atoms with E-state index in [1.807, 2.05) is 36.9 Å². The highest BCUT2D eigenvalue weighted by Crippen LogP contribution is 2.24. The van der Waals surface area contributed by atoms with Gasteiger partial charge in [-0.05, 0) is 54.3 Å². The van der Waals surface area contributed by atoms with Crippen molar-refractivity contribution in [2.75, 3.05) is 18.8 Å². The molecule has 9 heteroatoms. The standard InChI is InChI=1S/C20H22N6O2S/c1-13-6-5-7-14(2)18(13)26-20(22-23-24-26)29-12-17(27)15-10-16(21-11-15)19(28)25-8-3-4-9-25/h5-7,10-11,21H,3-4,8-9,12H2,1-2H3. The van der Waals surface area contributed by atoms with Crippen LogP contribution in [0.5, 0.6) is 0 Å². The first-order valence-electron chi connectivity index (χ1n) is 9.53. The predicted octanol–water partition coefficient (Wildman–Crippen LogP) is 2.82. The lowest BCUT2D eigenvalue weighted by atomic mass is 10.1. The van der Waals surface area contributed by atoms with Crippen LogP contribution in [0.1, 0.15) is 44.8 Å². The predicted molar refractivity (Wildman–Crippen MR) is 110 cm³/mol. The lowest BCUT2D eigenvalue weighted by molar-refractivity contribution is 0.0787. The zero-order valence-corrected chi connectivity index (χ0v) is 17.2. The molecule has 1 N–H and O–H groups in total. The monoisotopic (exact) mass is 410 g/mol. The number of nitrogens with one attached hydrogen (secondary N) is 1. The van der Waals surface area contributed by atoms with E-state index in [2.05, 4.69) is 20.5 Å². The quantitative estimate of drug-likeness (QED) is 0.496. The first-order valence-corrected chi connectivity index (χ1v) is 10.5. The summed E-state index contributed by atoms with van der Waals surface area (Å²) in [5.41, 5.74) is 3.99. The van der Waals surface area contributed by atoms with Crippen LogP contribution in [0.3, 0.4) is 0 Å². The molecule has 4 rings (SSSR count). The van der Waals surface area contributed by atoms with Gasteiger partial charge >= 0.3 is 0 Å². The second kappa shape index (κ2) is 8.20. The van der Waals surface area contributed by atoms with E-state index in [1.165, 1.54) is 11.8 Å². The molecule has 0 spiro atoms. The summed E-state index contributed by atoms with van der Waals surface area (Å²) in [6.45, 7) is 5.56. The second-order valence-corrected chi connectivity index (χ2v) is 8.07. The second-order valence-electron chi connectivity index (χ2n) is 7.13. The number of benzene rings is 1. The number of hydrogen-bond acceptors (Lipinski definition) is 6. The number of carbonyl (C=O) groups excluding carboxylic acids is 2. The van der Waals surface area contributed by atoms with E-state index in [9.17, 15) is 9.59 Å². The van der Waals surface area contributed by atoms with Gasteiger partial charge in [0.2, 0.25) is 5.16 Å². The number of tetrazole rings is 1. The van der Waals surface area contributed by atoms with Crippen LogP contribution in [0.15, 0.2) is 35.6 Å². The fourth-order valence-corrected chi connectivity index (χ4v) is 4.30. The van der Waals surface area contributed by atoms with Gasteiger partial charge in [0.1, 0.15) is 5.69 Å². The molecule has 0 saturated carbocycles. The highest BCUT2D eigenvalue weighted by Gasteiger charge is 2.22. The first kappa shape index (κ1) is 19.4. The summed E-state index contributed by atoms with van der Waals surface area (Å²) < 4.78 is 1.67. The Kier molecular flexibility index (Phi) is 5.48. The number of carbonyl (C=O) groups is 2. The number of aromatic nitrogens is 5. The minimum atomic E-state index is -0.0808. The highest BCUT2D eigenvalue weighted by atomic mass is 32.2. The molecule has 0 unspecified atom stereocenters. The van der Waals surface area contributed by atoms with E-state index in [-0.39, 0.29) is 17.4 Å². The van der Waals surface area contributed by atoms with Crippen LogP contribution >= 0.6 is 11.8 Å². The number of nitrogens with zero attached hydrogens (tertiary/aromatic N) is 5. The van der Waals surface area contributed by atoms with Crippen molar-refractivity contribution in [3.05, 3.63) is 52.8 Å². The number of para-hydroxylation sites is 1. The van der Waals surface area contributed by atoms with Crippen molar-refractivity contribution in [1.29, 1.82) is 0 Å². The number of ketones is 1. The number of hydrogen-bond donors (Lipinski definition) is 1. The Morgan fingerprint density at radius 2 is 1.90 bits per heavy atom. The number of thioether (sulfide) groups is 1. The normalized spacial score (nSPS) is 13.8. The number of rotatable bonds is 6. The lowest BCUT2D eigenvalue weighted by Crippen LogP contribution is -2.27. The molecule has 8 nitrogen and oxygen atoms in total. The van der Waals surface area contributed by atoms with Crippen molar-refractivity contribution in [3.63, 3.8) is 0 Å². The van der Waals surface area contributed by atoms with Gasteiger partial charge in [-0.25, -0.2) is 0 Å². The van der Waals surface area contributed by atoms with E-state index >= 15 is 0 Å². The Hall–Kier alpha value is -2.94. The summed E-state index contributed by atoms with van der Waals surface area (Å²) in [6, 6.07) is 7.63. The van der Waals surface area contributed by atoms with E-state index in [4.69, 9.17) is 0 Å². The Balaban J connectivity index is 1.45. The van der Waals surface area contributed by atoms with Gasteiger partial charge in [0, 0.05) is 24.8 Å². The SMILES string of the molecule is Cc1cccc(C)c1-n1nnnc1SCC(=O)c1c[nH]c(C(=O)N2CCCC2)c1. The molecule has 0 aliphatic carbocycles. The van der Waals surface area contributed by atoms with Crippen molar-refractivity contribution in [2.24, 2.45) is 0 Å². The van der Waals surface area contributed by atoms with E-state index < -0.39 is 0 Å². The molecule has 1 aromatic carbocycles. The summed E-state index contributed by atoms with van der Waals surface area (Å²) in [4.78, 5) is 29.8. The van der Waals surface area contributed by atoms with Crippen LogP contribution in [0.4, 0.5) is 0 Å². The molecule has 150 valence electrons. The largest absolute Gasteiger partial charge is 0.356 e. The van der Waals surface area contributed by atoms with Crippen LogP contribution in [0.2, 0.25) is 0 Å². The van der Waals surface area contributed by atoms with E-state index in [0.29, 0.717) is 16.4 Å². The average molecular weight is 411 g/mol. The van der Waals surface area contributed by atoms with E-state index in [0.717, 1.165) is 42.7 Å². The smallest absolute Gasteiger partial charge is 0.270 e. The third kappa shape index (κ3) is 3.95. The minimum absolute atomic E-state index is 0.0480. The Labute approximate surface area is 172 Å². The number of Topliss-reactive ketones (excluding diaryl/α,β-unsaturated/α-hetero) is 1. The van der Waals surface area contributed by atoms with Gasteiger partial charge in [0.15, 0.2) is 5.78 Å². The van der Waals surface area contributed by atoms with Gasteiger partial charge in [0.25, 0.3) is 5.91 Å². The molecule has 1 aliphatic rings. The van der Waals surface area contributed by atoms with Crippen molar-refractivity contribution < 1.29 is 9.59 Å². The van der Waals surface area contributed by atoms with Gasteiger partial charge in [0.05, 0.1) is 11.4 Å². The molecular formula is C20H22N6O2S. The van der Waals surface area contributed by atoms with Gasteiger partial charge in [-0.2, -0.15) is 4.68 Å². The van der Waals surface area contributed by atoms with Crippen LogP contribution in [-0.4, -0.2) is 60.6 Å². The van der Waals surface area contributed by atoms with Gasteiger partial charge in [-0.15, -0.1) is 5.10 Å². The molecule has 2 aromatic heterocycles. The molecular weight excluding hydrogens is 388 g/mol. The highest BCUT2D eigenvalue weighted by molar-refractivity contribution is 7.99. The number of aryl methyl sites for hydroxylation is 2. The number of likely N-dealkylation sites (tertiary alicyclic amines) is 1. The maximum atomic E-state index is 12.6. The van der Waals surface area contributed by atoms with Crippen LogP contribution < -0.4 is 0 Å². The molecule has 1 saturated heterocycles. The average Bonchev–Trinajstić information content (AvgIpc) is 3.47. The summed E-state index contributed by atoms with van der Waals surface area (Å²) in [5.74, 6) is 0.0523. The molecule has 3 aromatic rings. The lowest BCUT2D eigenvalue weighted by Gasteiger charge is -2.13. The number of aromatic amines is 1. The third-order valence-corrected chi connectivity index (χ3v) is 5.97. The summed E-state index contributed by atoms with van der Waals surface area (Å²) in [7, 11) is 0. The maximum absolute atomic E-state index is 12.6. The summed E-state index contributed by atoms with van der Waals surface area (Å²) in [6.07, 6.45) is 3.66. The van der Waals surface area contributed by atoms with Crippen molar-refractivity contribution in [1.82, 2.24) is 30.1 Å². The van der Waals surface area contributed by atoms with Crippen molar-refractivity contribution >= 4 is 23.5 Å². The Morgan fingerprint density at radius 3 is 2.62 bits per heavy atom. The minimum Gasteiger partial charge on any atom is -0.356 e. The molecule has 0 atom stereocenters. The van der Waals surface area contributed by atoms with Crippen molar-refractivity contribution in [3.8, 4) is 5.69 Å². The fourth-order valence-electron chi connectivity index (χ4n) is 3.53. The first-order chi connectivity index (χ1) is 14.0. The molecule has 29 heavy (non-hydrogen) atoms. The molecule has 0 radical (unpaired) electrons. The molecule has 3 heterocycles. The van der Waals surface area contributed by atoms with Gasteiger partial charge in [-0.1, -0.05) is 30.0 Å². The Morgan fingerprint density at radius 1 is 1.17 bits per heavy atom. The topological polar surface area (TPSA) is 96.8 Å². The molecule has 1 fully saturated rings. The number of amides is 1. The van der Waals surface area contributed by atoms with Gasteiger partial charge in [-0.3, -0.25) is 9.59 Å². The van der Waals surface area contributed by atoms with Crippen molar-refractivity contribution in [2.45, 2.75) is 31.8 Å². The number of H-pyrrole nitrogens is 1. The fraction of sp³-hybridized carbons (Fsp3) is 0.350. The van der Waals surface area contributed by atoms with E-state index in [1.54, 1.807) is 16.9 Å². The molecule has 1 amide bonds. The Bertz CT molecular complexity index is 1030. The third-order valence-electron chi connectivity index (χ3n) is 5.05. The zero-order valence-electron chi connectivity index (χ0n) is 16.4. The van der Waals surface area contributed by atoms with Crippen LogP contribution in [0.25, 0.3) is 5.69 Å². The molecule has 1 aliphatic heterocycles. The summed E-state index contributed by atoms with van der Waals surface area (Å²) >= 11 is 1.28. The van der Waals surface area contributed by atoms with Gasteiger partial charge < -0.3 is 9.88 Å². The summed E-state index contributed by atoms with van der Waals surface area (Å²) in [5, 5.41) is 12.5. The van der Waals surface area contributed by atoms with Crippen LogP contribution in [0, 0.1) is 13.8 Å². The zero-order chi connectivity index (χ0) is 20.4. The van der Waals surface area contributed by atoms with Crippen LogP contribution in [-0.2, 0) is 0 Å². The molecule has 0 bridgehead atoms. The maximum Gasteiger partial charge on any atom is 0.270 e.